The molecule has 1 N–H and O–H groups in total. The smallest absolute Gasteiger partial charge is 0.275 e. The van der Waals surface area contributed by atoms with Gasteiger partial charge in [0.1, 0.15) is 11.4 Å². The van der Waals surface area contributed by atoms with E-state index in [1.54, 1.807) is 0 Å². The summed E-state index contributed by atoms with van der Waals surface area (Å²) in [6.07, 6.45) is -1.98. The first kappa shape index (κ1) is 9.63. The summed E-state index contributed by atoms with van der Waals surface area (Å²) in [5.74, 6) is -0.0256. The van der Waals surface area contributed by atoms with Crippen LogP contribution in [-0.2, 0) is 6.18 Å². The number of alkyl halides is 3. The molecule has 0 aromatic carbocycles. The third-order valence-corrected chi connectivity index (χ3v) is 1.69. The Kier molecular flexibility index (Phi) is 2.14. The molecule has 0 bridgehead atoms. The zero-order valence-electron chi connectivity index (χ0n) is 7.28. The zero-order chi connectivity index (χ0) is 10.9. The van der Waals surface area contributed by atoms with Gasteiger partial charge in [0.2, 0.25) is 0 Å². The van der Waals surface area contributed by atoms with Gasteiger partial charge < -0.3 is 0 Å². The lowest BCUT2D eigenvalue weighted by atomic mass is 10.3. The highest BCUT2D eigenvalue weighted by Gasteiger charge is 2.32. The third kappa shape index (κ3) is 1.95. The molecule has 15 heavy (non-hydrogen) atoms. The van der Waals surface area contributed by atoms with Crippen LogP contribution in [-0.4, -0.2) is 20.2 Å². The molecule has 0 aliphatic carbocycles. The molecular weight excluding hydrogens is 209 g/mol. The third-order valence-electron chi connectivity index (χ3n) is 1.69. The van der Waals surface area contributed by atoms with Gasteiger partial charge in [0.15, 0.2) is 5.82 Å². The first-order valence-electron chi connectivity index (χ1n) is 3.97. The Bertz CT molecular complexity index is 449. The van der Waals surface area contributed by atoms with Gasteiger partial charge in [0, 0.05) is 12.4 Å². The van der Waals surface area contributed by atoms with Crippen molar-refractivity contribution in [3.05, 3.63) is 30.2 Å². The molecule has 4 nitrogen and oxygen atoms in total. The van der Waals surface area contributed by atoms with Crippen LogP contribution in [0.2, 0.25) is 0 Å². The van der Waals surface area contributed by atoms with Gasteiger partial charge in [-0.25, -0.2) is 9.97 Å². The molecule has 0 saturated carbocycles. The lowest BCUT2D eigenvalue weighted by Gasteiger charge is -2.05. The van der Waals surface area contributed by atoms with Crippen molar-refractivity contribution in [1.29, 1.82) is 0 Å². The fraction of sp³-hybridized carbons (Fsp3) is 0.125. The van der Waals surface area contributed by atoms with Crippen LogP contribution in [0.4, 0.5) is 13.2 Å². The fourth-order valence-electron chi connectivity index (χ4n) is 1.03. The Morgan fingerprint density at radius 1 is 1.13 bits per heavy atom. The molecule has 0 unspecified atom stereocenters. The maximum absolute atomic E-state index is 12.3. The molecule has 7 heteroatoms. The number of nitrogens with zero attached hydrogens (tertiary/aromatic N) is 3. The molecule has 0 fully saturated rings. The second-order valence-electron chi connectivity index (χ2n) is 2.73. The van der Waals surface area contributed by atoms with E-state index in [1.165, 1.54) is 12.3 Å². The molecule has 2 aromatic heterocycles. The topological polar surface area (TPSA) is 54.5 Å². The number of aromatic nitrogens is 4. The van der Waals surface area contributed by atoms with Gasteiger partial charge in [-0.15, -0.1) is 0 Å². The highest BCUT2D eigenvalue weighted by atomic mass is 19.4. The SMILES string of the molecule is FC(F)(F)c1ccnc(-c2ccn[nH]2)n1. The second kappa shape index (κ2) is 3.34. The van der Waals surface area contributed by atoms with Crippen LogP contribution >= 0.6 is 0 Å². The summed E-state index contributed by atoms with van der Waals surface area (Å²) in [6.45, 7) is 0. The van der Waals surface area contributed by atoms with E-state index in [-0.39, 0.29) is 5.82 Å². The van der Waals surface area contributed by atoms with Crippen LogP contribution in [0.25, 0.3) is 11.5 Å². The monoisotopic (exact) mass is 214 g/mol. The molecule has 0 aliphatic heterocycles. The minimum absolute atomic E-state index is 0.0256. The minimum Gasteiger partial charge on any atom is -0.275 e. The summed E-state index contributed by atoms with van der Waals surface area (Å²) in [5, 5.41) is 6.09. The van der Waals surface area contributed by atoms with Crippen LogP contribution in [0.3, 0.4) is 0 Å². The van der Waals surface area contributed by atoms with Crippen molar-refractivity contribution in [2.24, 2.45) is 0 Å². The van der Waals surface area contributed by atoms with E-state index in [1.807, 2.05) is 0 Å². The van der Waals surface area contributed by atoms with Crippen molar-refractivity contribution in [2.75, 3.05) is 0 Å². The minimum atomic E-state index is -4.46. The van der Waals surface area contributed by atoms with Crippen LogP contribution < -0.4 is 0 Å². The van der Waals surface area contributed by atoms with Gasteiger partial charge >= 0.3 is 6.18 Å². The maximum atomic E-state index is 12.3. The molecule has 0 atom stereocenters. The van der Waals surface area contributed by atoms with Crippen molar-refractivity contribution in [2.45, 2.75) is 6.18 Å². The van der Waals surface area contributed by atoms with Crippen LogP contribution in [0, 0.1) is 0 Å². The van der Waals surface area contributed by atoms with Gasteiger partial charge in [-0.2, -0.15) is 18.3 Å². The maximum Gasteiger partial charge on any atom is 0.433 e. The summed E-state index contributed by atoms with van der Waals surface area (Å²) in [7, 11) is 0. The quantitative estimate of drug-likeness (QED) is 0.788. The number of rotatable bonds is 1. The van der Waals surface area contributed by atoms with E-state index in [0.717, 1.165) is 12.3 Å². The van der Waals surface area contributed by atoms with E-state index in [4.69, 9.17) is 0 Å². The molecule has 0 aliphatic rings. The zero-order valence-corrected chi connectivity index (χ0v) is 7.28. The van der Waals surface area contributed by atoms with Crippen molar-refractivity contribution < 1.29 is 13.2 Å². The summed E-state index contributed by atoms with van der Waals surface area (Å²) in [6, 6.07) is 2.31. The number of aromatic amines is 1. The highest BCUT2D eigenvalue weighted by Crippen LogP contribution is 2.27. The molecule has 78 valence electrons. The molecule has 2 rings (SSSR count). The normalized spacial score (nSPS) is 11.7. The fourth-order valence-corrected chi connectivity index (χ4v) is 1.03. The highest BCUT2D eigenvalue weighted by molar-refractivity contribution is 5.47. The van der Waals surface area contributed by atoms with E-state index < -0.39 is 11.9 Å². The number of H-pyrrole nitrogens is 1. The summed E-state index contributed by atoms with van der Waals surface area (Å²) < 4.78 is 36.9. The molecule has 2 aromatic rings. The number of halogens is 3. The Labute approximate surface area is 82.2 Å². The predicted molar refractivity (Wildman–Crippen MR) is 44.6 cm³/mol. The Hall–Kier alpha value is -1.92. The first-order valence-corrected chi connectivity index (χ1v) is 3.97. The van der Waals surface area contributed by atoms with E-state index in [2.05, 4.69) is 20.2 Å². The molecule has 0 amide bonds. The summed E-state index contributed by atoms with van der Waals surface area (Å²) in [4.78, 5) is 7.09. The van der Waals surface area contributed by atoms with Gasteiger partial charge in [0.25, 0.3) is 0 Å². The van der Waals surface area contributed by atoms with Crippen LogP contribution in [0.15, 0.2) is 24.5 Å². The lowest BCUT2D eigenvalue weighted by Crippen LogP contribution is -2.09. The van der Waals surface area contributed by atoms with Crippen molar-refractivity contribution in [1.82, 2.24) is 20.2 Å². The summed E-state index contributed by atoms with van der Waals surface area (Å²) >= 11 is 0. The van der Waals surface area contributed by atoms with Crippen molar-refractivity contribution in [3.63, 3.8) is 0 Å². The van der Waals surface area contributed by atoms with Gasteiger partial charge in [-0.1, -0.05) is 0 Å². The number of hydrogen-bond acceptors (Lipinski definition) is 3. The second-order valence-corrected chi connectivity index (χ2v) is 2.73. The molecule has 0 spiro atoms. The average molecular weight is 214 g/mol. The van der Waals surface area contributed by atoms with Gasteiger partial charge in [-0.3, -0.25) is 5.10 Å². The molecular formula is C8H5F3N4. The molecule has 2 heterocycles. The number of nitrogens with one attached hydrogen (secondary N) is 1. The van der Waals surface area contributed by atoms with Gasteiger partial charge in [0.05, 0.1) is 0 Å². The van der Waals surface area contributed by atoms with E-state index >= 15 is 0 Å². The Morgan fingerprint density at radius 3 is 2.53 bits per heavy atom. The molecule has 0 radical (unpaired) electrons. The van der Waals surface area contributed by atoms with E-state index in [0.29, 0.717) is 5.69 Å². The largest absolute Gasteiger partial charge is 0.433 e. The average Bonchev–Trinajstić information content (AvgIpc) is 2.69. The standard InChI is InChI=1S/C8H5F3N4/c9-8(10,11)6-2-3-12-7(14-6)5-1-4-13-15-5/h1-4H,(H,13,15). The molecule has 0 saturated heterocycles. The van der Waals surface area contributed by atoms with Gasteiger partial charge in [-0.05, 0) is 12.1 Å². The number of hydrogen-bond donors (Lipinski definition) is 1. The van der Waals surface area contributed by atoms with Crippen molar-refractivity contribution in [3.8, 4) is 11.5 Å². The Morgan fingerprint density at radius 2 is 1.93 bits per heavy atom. The van der Waals surface area contributed by atoms with E-state index in [9.17, 15) is 13.2 Å². The van der Waals surface area contributed by atoms with Crippen LogP contribution in [0.1, 0.15) is 5.69 Å². The Balaban J connectivity index is 2.44. The van der Waals surface area contributed by atoms with Crippen molar-refractivity contribution >= 4 is 0 Å². The summed E-state index contributed by atoms with van der Waals surface area (Å²) in [5.41, 5.74) is -0.622. The van der Waals surface area contributed by atoms with Crippen LogP contribution in [0.5, 0.6) is 0 Å². The predicted octanol–water partition coefficient (Wildman–Crippen LogP) is 1.89. The first-order chi connectivity index (χ1) is 7.07. The lowest BCUT2D eigenvalue weighted by molar-refractivity contribution is -0.141.